The van der Waals surface area contributed by atoms with Crippen molar-refractivity contribution in [3.05, 3.63) is 57.8 Å². The lowest BCUT2D eigenvalue weighted by molar-refractivity contribution is 0.317. The molecular formula is C17H17NS. The van der Waals surface area contributed by atoms with Gasteiger partial charge in [-0.3, -0.25) is 0 Å². The van der Waals surface area contributed by atoms with Crippen LogP contribution in [0.4, 0.5) is 0 Å². The van der Waals surface area contributed by atoms with Crippen LogP contribution >= 0.6 is 11.3 Å². The van der Waals surface area contributed by atoms with Crippen LogP contribution in [0.1, 0.15) is 28.8 Å². The van der Waals surface area contributed by atoms with Crippen LogP contribution in [-0.4, -0.2) is 0 Å². The highest BCUT2D eigenvalue weighted by Crippen LogP contribution is 2.39. The Morgan fingerprint density at radius 3 is 2.74 bits per heavy atom. The van der Waals surface area contributed by atoms with Crippen molar-refractivity contribution in [1.82, 2.24) is 0 Å². The molecule has 1 aromatic heterocycles. The molecule has 1 nitrogen and oxygen atoms in total. The van der Waals surface area contributed by atoms with Crippen molar-refractivity contribution in [3.8, 4) is 6.07 Å². The molecule has 2 heteroatoms. The third-order valence-corrected chi connectivity index (χ3v) is 5.12. The highest BCUT2D eigenvalue weighted by molar-refractivity contribution is 7.09. The van der Waals surface area contributed by atoms with E-state index in [1.807, 2.05) is 0 Å². The molecule has 1 unspecified atom stereocenters. The molecule has 96 valence electrons. The van der Waals surface area contributed by atoms with Gasteiger partial charge in [0.2, 0.25) is 0 Å². The number of nitriles is 1. The van der Waals surface area contributed by atoms with E-state index >= 15 is 0 Å². The molecule has 0 N–H and O–H groups in total. The molecule has 1 atom stereocenters. The van der Waals surface area contributed by atoms with Crippen LogP contribution in [-0.2, 0) is 19.3 Å². The summed E-state index contributed by atoms with van der Waals surface area (Å²) in [7, 11) is 0. The average molecular weight is 267 g/mol. The molecule has 0 radical (unpaired) electrons. The van der Waals surface area contributed by atoms with E-state index in [9.17, 15) is 5.26 Å². The van der Waals surface area contributed by atoms with E-state index in [-0.39, 0.29) is 5.41 Å². The van der Waals surface area contributed by atoms with Gasteiger partial charge in [0.15, 0.2) is 0 Å². The van der Waals surface area contributed by atoms with Gasteiger partial charge in [-0.05, 0) is 54.7 Å². The van der Waals surface area contributed by atoms with Crippen LogP contribution in [0.5, 0.6) is 0 Å². The lowest BCUT2D eigenvalue weighted by Gasteiger charge is -2.32. The van der Waals surface area contributed by atoms with Gasteiger partial charge < -0.3 is 0 Å². The summed E-state index contributed by atoms with van der Waals surface area (Å²) >= 11 is 1.80. The molecule has 1 aliphatic rings. The summed E-state index contributed by atoms with van der Waals surface area (Å²) in [4.78, 5) is 1.40. The van der Waals surface area contributed by atoms with Crippen molar-refractivity contribution < 1.29 is 0 Å². The Kier molecular flexibility index (Phi) is 3.40. The van der Waals surface area contributed by atoms with Crippen molar-refractivity contribution in [2.45, 2.75) is 32.1 Å². The zero-order valence-electron chi connectivity index (χ0n) is 10.9. The Morgan fingerprint density at radius 1 is 1.16 bits per heavy atom. The van der Waals surface area contributed by atoms with Crippen molar-refractivity contribution in [2.75, 3.05) is 0 Å². The molecule has 0 saturated heterocycles. The van der Waals surface area contributed by atoms with Gasteiger partial charge in [-0.25, -0.2) is 0 Å². The van der Waals surface area contributed by atoms with E-state index in [2.05, 4.69) is 47.8 Å². The second kappa shape index (κ2) is 5.19. The van der Waals surface area contributed by atoms with Gasteiger partial charge in [0.1, 0.15) is 0 Å². The molecule has 2 aromatic rings. The smallest absolute Gasteiger partial charge is 0.0693 e. The number of hydrogen-bond acceptors (Lipinski definition) is 2. The van der Waals surface area contributed by atoms with E-state index in [1.165, 1.54) is 16.0 Å². The van der Waals surface area contributed by atoms with Crippen molar-refractivity contribution in [1.29, 1.82) is 5.26 Å². The van der Waals surface area contributed by atoms with Gasteiger partial charge in [-0.15, -0.1) is 11.3 Å². The Hall–Kier alpha value is -1.59. The number of fused-ring (bicyclic) bond motifs is 1. The third kappa shape index (κ3) is 2.57. The lowest BCUT2D eigenvalue weighted by Crippen LogP contribution is -2.28. The summed E-state index contributed by atoms with van der Waals surface area (Å²) in [6, 6.07) is 15.5. The number of nitrogens with zero attached hydrogens (tertiary/aromatic N) is 1. The van der Waals surface area contributed by atoms with Gasteiger partial charge in [0.05, 0.1) is 11.5 Å². The van der Waals surface area contributed by atoms with Crippen LogP contribution in [0.3, 0.4) is 0 Å². The number of rotatable bonds is 3. The summed E-state index contributed by atoms with van der Waals surface area (Å²) < 4.78 is 0. The molecule has 19 heavy (non-hydrogen) atoms. The Bertz CT molecular complexity index is 594. The van der Waals surface area contributed by atoms with Gasteiger partial charge in [0, 0.05) is 4.88 Å². The minimum atomic E-state index is -0.154. The largest absolute Gasteiger partial charge is 0.198 e. The fraction of sp³-hybridized carbons (Fsp3) is 0.353. The maximum absolute atomic E-state index is 9.65. The predicted octanol–water partition coefficient (Wildman–Crippen LogP) is 4.38. The first-order valence-corrected chi connectivity index (χ1v) is 7.70. The summed E-state index contributed by atoms with van der Waals surface area (Å²) in [6.45, 7) is 0. The van der Waals surface area contributed by atoms with Crippen LogP contribution in [0.2, 0.25) is 0 Å². The van der Waals surface area contributed by atoms with Crippen LogP contribution in [0.25, 0.3) is 0 Å². The normalized spacial score (nSPS) is 21.6. The van der Waals surface area contributed by atoms with E-state index in [0.717, 1.165) is 32.1 Å². The van der Waals surface area contributed by atoms with E-state index < -0.39 is 0 Å². The molecule has 0 aliphatic heterocycles. The summed E-state index contributed by atoms with van der Waals surface area (Å²) in [6.07, 6.45) is 5.00. The molecule has 1 heterocycles. The predicted molar refractivity (Wildman–Crippen MR) is 79.2 cm³/mol. The molecule has 1 aliphatic carbocycles. The molecule has 3 rings (SSSR count). The molecular weight excluding hydrogens is 250 g/mol. The summed E-state index contributed by atoms with van der Waals surface area (Å²) in [5.41, 5.74) is 2.66. The lowest BCUT2D eigenvalue weighted by atomic mass is 9.70. The summed E-state index contributed by atoms with van der Waals surface area (Å²) in [5.74, 6) is 0. The quantitative estimate of drug-likeness (QED) is 0.809. The highest BCUT2D eigenvalue weighted by atomic mass is 32.1. The maximum Gasteiger partial charge on any atom is 0.0693 e. The Balaban J connectivity index is 1.77. The van der Waals surface area contributed by atoms with Crippen molar-refractivity contribution in [3.63, 3.8) is 0 Å². The first-order chi connectivity index (χ1) is 9.31. The van der Waals surface area contributed by atoms with Crippen LogP contribution in [0, 0.1) is 16.7 Å². The van der Waals surface area contributed by atoms with Crippen molar-refractivity contribution in [2.24, 2.45) is 5.41 Å². The fourth-order valence-corrected chi connectivity index (χ4v) is 3.69. The Labute approximate surface area is 118 Å². The number of benzene rings is 1. The molecule has 0 saturated carbocycles. The van der Waals surface area contributed by atoms with Crippen molar-refractivity contribution >= 4 is 11.3 Å². The third-order valence-electron chi connectivity index (χ3n) is 4.19. The first-order valence-electron chi connectivity index (χ1n) is 6.82. The molecule has 1 aromatic carbocycles. The molecule has 0 amide bonds. The Morgan fingerprint density at radius 2 is 2.00 bits per heavy atom. The maximum atomic E-state index is 9.65. The SMILES string of the molecule is N#CC1(CCc2cccs2)CCc2ccccc2C1. The minimum absolute atomic E-state index is 0.154. The van der Waals surface area contributed by atoms with E-state index in [4.69, 9.17) is 0 Å². The van der Waals surface area contributed by atoms with Crippen LogP contribution in [0.15, 0.2) is 41.8 Å². The van der Waals surface area contributed by atoms with Crippen LogP contribution < -0.4 is 0 Å². The number of hydrogen-bond donors (Lipinski definition) is 0. The number of thiophene rings is 1. The fourth-order valence-electron chi connectivity index (χ4n) is 2.98. The van der Waals surface area contributed by atoms with Gasteiger partial charge in [-0.1, -0.05) is 30.3 Å². The second-order valence-electron chi connectivity index (χ2n) is 5.42. The monoisotopic (exact) mass is 267 g/mol. The van der Waals surface area contributed by atoms with E-state index in [1.54, 1.807) is 11.3 Å². The van der Waals surface area contributed by atoms with Gasteiger partial charge in [0.25, 0.3) is 0 Å². The topological polar surface area (TPSA) is 23.8 Å². The minimum Gasteiger partial charge on any atom is -0.198 e. The molecule has 0 spiro atoms. The molecule has 0 bridgehead atoms. The highest BCUT2D eigenvalue weighted by Gasteiger charge is 2.34. The zero-order chi connectivity index (χ0) is 13.1. The standard InChI is InChI=1S/C17H17NS/c18-13-17(10-8-16-6-3-11-19-16)9-7-14-4-1-2-5-15(14)12-17/h1-6,11H,7-10,12H2. The average Bonchev–Trinajstić information content (AvgIpc) is 2.98. The van der Waals surface area contributed by atoms with E-state index in [0.29, 0.717) is 0 Å². The number of aryl methyl sites for hydroxylation is 2. The second-order valence-corrected chi connectivity index (χ2v) is 6.45. The van der Waals surface area contributed by atoms with Gasteiger partial charge in [-0.2, -0.15) is 5.26 Å². The van der Waals surface area contributed by atoms with Gasteiger partial charge >= 0.3 is 0 Å². The molecule has 0 fully saturated rings. The summed E-state index contributed by atoms with van der Waals surface area (Å²) in [5, 5.41) is 11.8. The zero-order valence-corrected chi connectivity index (χ0v) is 11.7. The first kappa shape index (κ1) is 12.4.